The maximum absolute atomic E-state index is 13.2. The van der Waals surface area contributed by atoms with Gasteiger partial charge in [0.1, 0.15) is 5.82 Å². The van der Waals surface area contributed by atoms with E-state index >= 15 is 0 Å². The lowest BCUT2D eigenvalue weighted by atomic mass is 9.85. The Bertz CT molecular complexity index is 1750. The molecule has 14 heteroatoms. The van der Waals surface area contributed by atoms with Crippen LogP contribution in [0.5, 0.6) is 11.5 Å². The van der Waals surface area contributed by atoms with Gasteiger partial charge in [-0.3, -0.25) is 14.6 Å². The highest BCUT2D eigenvalue weighted by Gasteiger charge is 2.40. The van der Waals surface area contributed by atoms with Crippen LogP contribution in [0.15, 0.2) is 53.1 Å². The van der Waals surface area contributed by atoms with Crippen molar-refractivity contribution in [2.45, 2.75) is 32.6 Å². The first kappa shape index (κ1) is 31.2. The van der Waals surface area contributed by atoms with Crippen LogP contribution in [0.4, 0.5) is 5.82 Å². The van der Waals surface area contributed by atoms with Crippen molar-refractivity contribution in [3.8, 4) is 33.9 Å². The Balaban J connectivity index is 1.45. The first-order valence-electron chi connectivity index (χ1n) is 14.4. The summed E-state index contributed by atoms with van der Waals surface area (Å²) in [6, 6.07) is 9.37. The van der Waals surface area contributed by atoms with Gasteiger partial charge in [-0.2, -0.15) is 19.4 Å². The molecule has 1 saturated heterocycles. The number of nitroso groups, excluding NO2 is 2. The number of rotatable bonds is 11. The van der Waals surface area contributed by atoms with Gasteiger partial charge in [0.25, 0.3) is 0 Å². The fourth-order valence-electron chi connectivity index (χ4n) is 5.82. The van der Waals surface area contributed by atoms with Crippen molar-refractivity contribution < 1.29 is 19.1 Å². The number of methoxy groups -OCH3 is 2. The first-order valence-corrected chi connectivity index (χ1v) is 14.4. The molecule has 0 atom stereocenters. The van der Waals surface area contributed by atoms with Crippen molar-refractivity contribution in [1.82, 2.24) is 24.5 Å². The summed E-state index contributed by atoms with van der Waals surface area (Å²) >= 11 is 0. The lowest BCUT2D eigenvalue weighted by Gasteiger charge is -2.36. The van der Waals surface area contributed by atoms with Crippen LogP contribution in [0.2, 0.25) is 0 Å². The van der Waals surface area contributed by atoms with E-state index in [2.05, 4.69) is 20.4 Å². The quantitative estimate of drug-likeness (QED) is 0.186. The summed E-state index contributed by atoms with van der Waals surface area (Å²) in [7, 11) is 3.16. The van der Waals surface area contributed by atoms with E-state index < -0.39 is 5.41 Å². The summed E-state index contributed by atoms with van der Waals surface area (Å²) in [5.74, 6) is 0.635. The van der Waals surface area contributed by atoms with E-state index in [-0.39, 0.29) is 36.5 Å². The highest BCUT2D eigenvalue weighted by atomic mass is 16.5. The van der Waals surface area contributed by atoms with Gasteiger partial charge in [-0.05, 0) is 51.0 Å². The SMILES string of the molecule is COc1ccc(-c2ccc(-c3cnn4c(N)c(C(C)=O)c(C5CCN(C(=O)C(C)(CN=O)CN=O)CC5)nc34)cn2)cc1OC. The molecule has 1 aliphatic heterocycles. The lowest BCUT2D eigenvalue weighted by Crippen LogP contribution is -2.48. The van der Waals surface area contributed by atoms with Crippen molar-refractivity contribution in [1.29, 1.82) is 0 Å². The molecule has 0 radical (unpaired) electrons. The molecule has 0 aliphatic carbocycles. The van der Waals surface area contributed by atoms with E-state index in [4.69, 9.17) is 20.2 Å². The number of nitrogens with zero attached hydrogens (tertiary/aromatic N) is 7. The zero-order valence-corrected chi connectivity index (χ0v) is 25.5. The zero-order chi connectivity index (χ0) is 32.3. The summed E-state index contributed by atoms with van der Waals surface area (Å²) < 4.78 is 12.2. The van der Waals surface area contributed by atoms with E-state index in [1.807, 2.05) is 30.3 Å². The highest BCUT2D eigenvalue weighted by molar-refractivity contribution is 6.00. The molecule has 1 amide bonds. The summed E-state index contributed by atoms with van der Waals surface area (Å²) in [5.41, 5.74) is 9.58. The number of benzene rings is 1. The van der Waals surface area contributed by atoms with E-state index in [1.54, 1.807) is 31.5 Å². The van der Waals surface area contributed by atoms with Crippen molar-refractivity contribution >= 4 is 23.2 Å². The van der Waals surface area contributed by atoms with Gasteiger partial charge in [-0.25, -0.2) is 4.98 Å². The predicted octanol–water partition coefficient (Wildman–Crippen LogP) is 4.51. The van der Waals surface area contributed by atoms with Crippen LogP contribution >= 0.6 is 0 Å². The Hall–Kier alpha value is -5.27. The minimum Gasteiger partial charge on any atom is -0.493 e. The van der Waals surface area contributed by atoms with Crippen LogP contribution in [-0.4, -0.2) is 76.6 Å². The number of nitrogens with two attached hydrogens (primary N) is 1. The molecule has 1 fully saturated rings. The molecule has 1 aromatic carbocycles. The molecule has 1 aliphatic rings. The highest BCUT2D eigenvalue weighted by Crippen LogP contribution is 2.37. The summed E-state index contributed by atoms with van der Waals surface area (Å²) in [5, 5.41) is 10.2. The van der Waals surface area contributed by atoms with Crippen LogP contribution in [0.1, 0.15) is 48.7 Å². The maximum atomic E-state index is 13.2. The molecule has 14 nitrogen and oxygen atoms in total. The number of hydrogen-bond acceptors (Lipinski definition) is 12. The first-order chi connectivity index (χ1) is 21.6. The molecule has 3 aromatic heterocycles. The number of piperidine rings is 1. The van der Waals surface area contributed by atoms with Crippen LogP contribution in [-0.2, 0) is 4.79 Å². The number of likely N-dealkylation sites (tertiary alicyclic amines) is 1. The summed E-state index contributed by atoms with van der Waals surface area (Å²) in [6.07, 6.45) is 4.37. The fourth-order valence-corrected chi connectivity index (χ4v) is 5.82. The van der Waals surface area contributed by atoms with Gasteiger partial charge in [0, 0.05) is 41.9 Å². The number of aromatic nitrogens is 4. The number of anilines is 1. The van der Waals surface area contributed by atoms with Crippen molar-refractivity contribution in [2.75, 3.05) is 46.1 Å². The maximum Gasteiger partial charge on any atom is 0.232 e. The van der Waals surface area contributed by atoms with Crippen LogP contribution in [0.3, 0.4) is 0 Å². The number of Topliss-reactive ketones (excluding diaryl/α,β-unsaturated/α-hetero) is 1. The van der Waals surface area contributed by atoms with Crippen LogP contribution < -0.4 is 15.2 Å². The van der Waals surface area contributed by atoms with Crippen LogP contribution in [0.25, 0.3) is 28.0 Å². The van der Waals surface area contributed by atoms with E-state index in [9.17, 15) is 19.4 Å². The molecule has 4 heterocycles. The summed E-state index contributed by atoms with van der Waals surface area (Å²) in [6.45, 7) is 2.96. The number of carbonyl (C=O) groups excluding carboxylic acids is 2. The zero-order valence-electron chi connectivity index (χ0n) is 25.5. The monoisotopic (exact) mass is 614 g/mol. The second-order valence-electron chi connectivity index (χ2n) is 11.3. The van der Waals surface area contributed by atoms with E-state index in [0.717, 1.165) is 16.8 Å². The number of fused-ring (bicyclic) bond motifs is 1. The molecular formula is C31H34N8O6. The number of nitrogen functional groups attached to an aromatic ring is 1. The van der Waals surface area contributed by atoms with Crippen LogP contribution in [0, 0.1) is 15.2 Å². The largest absolute Gasteiger partial charge is 0.493 e. The molecule has 234 valence electrons. The van der Waals surface area contributed by atoms with Crippen molar-refractivity contribution in [3.63, 3.8) is 0 Å². The number of carbonyl (C=O) groups is 2. The minimum atomic E-state index is -1.29. The molecule has 0 saturated carbocycles. The van der Waals surface area contributed by atoms with Gasteiger partial charge in [0.05, 0.1) is 55.9 Å². The van der Waals surface area contributed by atoms with E-state index in [1.165, 1.54) is 18.4 Å². The number of ether oxygens (including phenoxy) is 2. The van der Waals surface area contributed by atoms with Crippen molar-refractivity contribution in [2.24, 2.45) is 15.8 Å². The third-order valence-electron chi connectivity index (χ3n) is 8.33. The summed E-state index contributed by atoms with van der Waals surface area (Å²) in [4.78, 5) is 59.1. The molecule has 45 heavy (non-hydrogen) atoms. The Kier molecular flexibility index (Phi) is 8.84. The Labute approximate surface area is 258 Å². The molecule has 0 spiro atoms. The Morgan fingerprint density at radius 3 is 2.24 bits per heavy atom. The molecule has 5 rings (SSSR count). The molecule has 0 unspecified atom stereocenters. The molecular weight excluding hydrogens is 580 g/mol. The van der Waals surface area contributed by atoms with Gasteiger partial charge < -0.3 is 20.1 Å². The third kappa shape index (κ3) is 5.82. The second kappa shape index (κ2) is 12.8. The van der Waals surface area contributed by atoms with Gasteiger partial charge in [-0.1, -0.05) is 16.4 Å². The Morgan fingerprint density at radius 2 is 1.67 bits per heavy atom. The molecule has 0 bridgehead atoms. The molecule has 2 N–H and O–H groups in total. The third-order valence-corrected chi connectivity index (χ3v) is 8.33. The standard InChI is InChI=1S/C31H34N8O6/c1-18(40)26-27(19-9-11-38(12-10-19)30(41)31(2,16-35-42)17-36-43)37-29-22(15-34-39(29)28(26)32)21-5-7-23(33-14-21)20-6-8-24(44-3)25(13-20)45-4/h5-8,13-15,19H,9-12,16-17,32H2,1-4H3. The van der Waals surface area contributed by atoms with Gasteiger partial charge >= 0.3 is 0 Å². The van der Waals surface area contributed by atoms with Crippen molar-refractivity contribution in [3.05, 3.63) is 63.8 Å². The number of amides is 1. The predicted molar refractivity (Wildman–Crippen MR) is 167 cm³/mol. The molecule has 4 aromatic rings. The van der Waals surface area contributed by atoms with Gasteiger partial charge in [0.15, 0.2) is 22.9 Å². The fraction of sp³-hybridized carbons (Fsp3) is 0.387. The van der Waals surface area contributed by atoms with E-state index in [0.29, 0.717) is 59.9 Å². The lowest BCUT2D eigenvalue weighted by molar-refractivity contribution is -0.141. The normalized spacial score (nSPS) is 13.9. The van der Waals surface area contributed by atoms with Gasteiger partial charge in [-0.15, -0.1) is 0 Å². The average molecular weight is 615 g/mol. The second-order valence-corrected chi connectivity index (χ2v) is 11.3. The number of ketones is 1. The topological polar surface area (TPSA) is 184 Å². The van der Waals surface area contributed by atoms with Gasteiger partial charge in [0.2, 0.25) is 5.91 Å². The average Bonchev–Trinajstić information content (AvgIpc) is 3.48. The number of hydrogen-bond donors (Lipinski definition) is 1. The smallest absolute Gasteiger partial charge is 0.232 e. The number of pyridine rings is 1. The minimum absolute atomic E-state index is 0.173. The Morgan fingerprint density at radius 1 is 1.00 bits per heavy atom.